The van der Waals surface area contributed by atoms with Gasteiger partial charge in [-0.3, -0.25) is 9.10 Å². The average Bonchev–Trinajstić information content (AvgIpc) is 2.67. The summed E-state index contributed by atoms with van der Waals surface area (Å²) in [5, 5.41) is 2.81. The number of carbonyl (C=O) groups excluding carboxylic acids is 1. The van der Waals surface area contributed by atoms with Crippen LogP contribution in [0.15, 0.2) is 36.4 Å². The van der Waals surface area contributed by atoms with E-state index in [9.17, 15) is 13.2 Å². The molecule has 8 heteroatoms. The van der Waals surface area contributed by atoms with Crippen molar-refractivity contribution in [2.75, 3.05) is 36.6 Å². The van der Waals surface area contributed by atoms with Crippen LogP contribution in [0.3, 0.4) is 0 Å². The fourth-order valence-electron chi connectivity index (χ4n) is 2.86. The second kappa shape index (κ2) is 8.97. The molecule has 0 aliphatic rings. The van der Waals surface area contributed by atoms with E-state index in [1.165, 1.54) is 26.4 Å². The van der Waals surface area contributed by atoms with Crippen molar-refractivity contribution >= 4 is 27.3 Å². The molecule has 0 atom stereocenters. The van der Waals surface area contributed by atoms with Gasteiger partial charge in [0.05, 0.1) is 31.7 Å². The first-order valence-corrected chi connectivity index (χ1v) is 10.7. The molecule has 0 aliphatic carbocycles. The molecule has 0 radical (unpaired) electrons. The number of amides is 1. The molecule has 2 aromatic rings. The minimum atomic E-state index is -3.59. The third-order valence-electron chi connectivity index (χ3n) is 4.32. The Balaban J connectivity index is 2.53. The van der Waals surface area contributed by atoms with Crippen LogP contribution in [-0.2, 0) is 16.4 Å². The zero-order valence-corrected chi connectivity index (χ0v) is 17.6. The molecule has 152 valence electrons. The fraction of sp³-hybridized carbons (Fsp3) is 0.350. The first kappa shape index (κ1) is 21.6. The number of sulfonamides is 1. The van der Waals surface area contributed by atoms with Crippen molar-refractivity contribution < 1.29 is 22.7 Å². The summed E-state index contributed by atoms with van der Waals surface area (Å²) in [7, 11) is -0.687. The second-order valence-electron chi connectivity index (χ2n) is 6.16. The standard InChI is InChI=1S/C20H26N2O5S/c1-6-14-8-10-15(11-9-14)21-20(23)16-12-18(26-3)19(27-4)13-17(16)22(7-2)28(5,24)25/h8-13H,6-7H2,1-5H3,(H,21,23). The molecule has 0 aliphatic heterocycles. The van der Waals surface area contributed by atoms with Crippen molar-refractivity contribution in [3.05, 3.63) is 47.5 Å². The molecule has 0 fully saturated rings. The number of methoxy groups -OCH3 is 2. The summed E-state index contributed by atoms with van der Waals surface area (Å²) < 4.78 is 36.2. The van der Waals surface area contributed by atoms with E-state index in [0.29, 0.717) is 17.2 Å². The number of aryl methyl sites for hydroxylation is 1. The van der Waals surface area contributed by atoms with E-state index in [2.05, 4.69) is 5.32 Å². The number of nitrogens with one attached hydrogen (secondary N) is 1. The Kier molecular flexibility index (Phi) is 6.90. The number of benzene rings is 2. The smallest absolute Gasteiger partial charge is 0.257 e. The van der Waals surface area contributed by atoms with Crippen molar-refractivity contribution in [3.63, 3.8) is 0 Å². The number of carbonyl (C=O) groups is 1. The topological polar surface area (TPSA) is 84.9 Å². The zero-order chi connectivity index (χ0) is 20.9. The average molecular weight is 407 g/mol. The van der Waals surface area contributed by atoms with Crippen LogP contribution >= 0.6 is 0 Å². The van der Waals surface area contributed by atoms with Crippen molar-refractivity contribution in [1.29, 1.82) is 0 Å². The van der Waals surface area contributed by atoms with E-state index >= 15 is 0 Å². The van der Waals surface area contributed by atoms with Gasteiger partial charge in [0, 0.05) is 18.3 Å². The lowest BCUT2D eigenvalue weighted by Gasteiger charge is -2.24. The summed E-state index contributed by atoms with van der Waals surface area (Å²) in [5.74, 6) is 0.230. The Labute approximate surface area is 166 Å². The number of rotatable bonds is 8. The van der Waals surface area contributed by atoms with Gasteiger partial charge in [0.1, 0.15) is 0 Å². The lowest BCUT2D eigenvalue weighted by molar-refractivity contribution is 0.102. The largest absolute Gasteiger partial charge is 0.493 e. The van der Waals surface area contributed by atoms with Gasteiger partial charge in [0.25, 0.3) is 5.91 Å². The second-order valence-corrected chi connectivity index (χ2v) is 8.06. The van der Waals surface area contributed by atoms with Gasteiger partial charge >= 0.3 is 0 Å². The van der Waals surface area contributed by atoms with Crippen LogP contribution in [0.1, 0.15) is 29.8 Å². The van der Waals surface area contributed by atoms with Gasteiger partial charge < -0.3 is 14.8 Å². The molecule has 0 unspecified atom stereocenters. The van der Waals surface area contributed by atoms with Gasteiger partial charge in [-0.1, -0.05) is 19.1 Å². The van der Waals surface area contributed by atoms with Gasteiger partial charge in [0.15, 0.2) is 11.5 Å². The third-order valence-corrected chi connectivity index (χ3v) is 5.58. The molecule has 1 N–H and O–H groups in total. The molecule has 0 saturated carbocycles. The highest BCUT2D eigenvalue weighted by Gasteiger charge is 2.25. The summed E-state index contributed by atoms with van der Waals surface area (Å²) in [6.45, 7) is 3.91. The molecular formula is C20H26N2O5S. The van der Waals surface area contributed by atoms with Gasteiger partial charge in [0.2, 0.25) is 10.0 Å². The Morgan fingerprint density at radius 3 is 2.07 bits per heavy atom. The maximum Gasteiger partial charge on any atom is 0.257 e. The highest BCUT2D eigenvalue weighted by atomic mass is 32.2. The first-order chi connectivity index (χ1) is 13.2. The molecule has 28 heavy (non-hydrogen) atoms. The van der Waals surface area contributed by atoms with E-state index in [0.717, 1.165) is 22.5 Å². The Bertz CT molecular complexity index is 940. The van der Waals surface area contributed by atoms with Crippen molar-refractivity contribution in [3.8, 4) is 11.5 Å². The maximum atomic E-state index is 13.0. The number of hydrogen-bond acceptors (Lipinski definition) is 5. The molecule has 0 heterocycles. The Morgan fingerprint density at radius 2 is 1.61 bits per heavy atom. The highest BCUT2D eigenvalue weighted by Crippen LogP contribution is 2.36. The van der Waals surface area contributed by atoms with Crippen LogP contribution in [0.2, 0.25) is 0 Å². The highest BCUT2D eigenvalue weighted by molar-refractivity contribution is 7.92. The SMILES string of the molecule is CCc1ccc(NC(=O)c2cc(OC)c(OC)cc2N(CC)S(C)(=O)=O)cc1. The van der Waals surface area contributed by atoms with Crippen LogP contribution < -0.4 is 19.1 Å². The van der Waals surface area contributed by atoms with Crippen LogP contribution in [0.25, 0.3) is 0 Å². The minimum absolute atomic E-state index is 0.166. The zero-order valence-electron chi connectivity index (χ0n) is 16.8. The molecule has 2 rings (SSSR count). The Morgan fingerprint density at radius 1 is 1.04 bits per heavy atom. The lowest BCUT2D eigenvalue weighted by Crippen LogP contribution is -2.31. The normalized spacial score (nSPS) is 11.0. The van der Waals surface area contributed by atoms with Gasteiger partial charge in [-0.25, -0.2) is 8.42 Å². The van der Waals surface area contributed by atoms with Gasteiger partial charge in [-0.05, 0) is 37.1 Å². The first-order valence-electron chi connectivity index (χ1n) is 8.89. The molecular weight excluding hydrogens is 380 g/mol. The Hall–Kier alpha value is -2.74. The number of nitrogens with zero attached hydrogens (tertiary/aromatic N) is 1. The predicted octanol–water partition coefficient (Wildman–Crippen LogP) is 3.30. The molecule has 2 aromatic carbocycles. The van der Waals surface area contributed by atoms with E-state index in [-0.39, 0.29) is 17.8 Å². The van der Waals surface area contributed by atoms with Crippen LogP contribution in [0.4, 0.5) is 11.4 Å². The third kappa shape index (κ3) is 4.75. The van der Waals surface area contributed by atoms with Crippen LogP contribution in [-0.4, -0.2) is 41.3 Å². The molecule has 0 spiro atoms. The molecule has 7 nitrogen and oxygen atoms in total. The molecule has 0 aromatic heterocycles. The van der Waals surface area contributed by atoms with E-state index in [4.69, 9.17) is 9.47 Å². The molecule has 1 amide bonds. The number of anilines is 2. The molecule has 0 bridgehead atoms. The molecule has 0 saturated heterocycles. The van der Waals surface area contributed by atoms with Gasteiger partial charge in [-0.15, -0.1) is 0 Å². The fourth-order valence-corrected chi connectivity index (χ4v) is 3.84. The van der Waals surface area contributed by atoms with Crippen molar-refractivity contribution in [2.24, 2.45) is 0 Å². The number of hydrogen-bond donors (Lipinski definition) is 1. The quantitative estimate of drug-likeness (QED) is 0.727. The number of ether oxygens (including phenoxy) is 2. The van der Waals surface area contributed by atoms with Crippen molar-refractivity contribution in [2.45, 2.75) is 20.3 Å². The van der Waals surface area contributed by atoms with E-state index in [1.54, 1.807) is 6.92 Å². The summed E-state index contributed by atoms with van der Waals surface area (Å²) in [4.78, 5) is 13.0. The monoisotopic (exact) mass is 406 g/mol. The van der Waals surface area contributed by atoms with E-state index < -0.39 is 15.9 Å². The van der Waals surface area contributed by atoms with E-state index in [1.807, 2.05) is 31.2 Å². The van der Waals surface area contributed by atoms with Crippen LogP contribution in [0, 0.1) is 0 Å². The minimum Gasteiger partial charge on any atom is -0.493 e. The summed E-state index contributed by atoms with van der Waals surface area (Å²) in [6, 6.07) is 10.5. The van der Waals surface area contributed by atoms with Crippen molar-refractivity contribution in [1.82, 2.24) is 0 Å². The maximum absolute atomic E-state index is 13.0. The van der Waals surface area contributed by atoms with Crippen LogP contribution in [0.5, 0.6) is 11.5 Å². The summed E-state index contributed by atoms with van der Waals surface area (Å²) >= 11 is 0. The van der Waals surface area contributed by atoms with Gasteiger partial charge in [-0.2, -0.15) is 0 Å². The predicted molar refractivity (Wildman–Crippen MR) is 111 cm³/mol. The lowest BCUT2D eigenvalue weighted by atomic mass is 10.1. The summed E-state index contributed by atoms with van der Waals surface area (Å²) in [5.41, 5.74) is 2.17. The summed E-state index contributed by atoms with van der Waals surface area (Å²) in [6.07, 6.45) is 1.99.